The summed E-state index contributed by atoms with van der Waals surface area (Å²) in [5.74, 6) is -0.194. The van der Waals surface area contributed by atoms with E-state index in [1.807, 2.05) is 37.4 Å². The molecule has 2 bridgehead atoms. The Bertz CT molecular complexity index is 1700. The van der Waals surface area contributed by atoms with E-state index in [1.165, 1.54) is 77.0 Å². The number of likely N-dealkylation sites (tertiary alicyclic amines) is 1. The van der Waals surface area contributed by atoms with Gasteiger partial charge in [-0.25, -0.2) is 4.79 Å². The zero-order chi connectivity index (χ0) is 41.8. The summed E-state index contributed by atoms with van der Waals surface area (Å²) in [5.41, 5.74) is 1.27. The first-order chi connectivity index (χ1) is 27.9. The second-order valence-corrected chi connectivity index (χ2v) is 16.5. The van der Waals surface area contributed by atoms with Crippen LogP contribution >= 0.6 is 0 Å². The Morgan fingerprint density at radius 3 is 2.09 bits per heavy atom. The van der Waals surface area contributed by atoms with E-state index in [1.54, 1.807) is 18.2 Å². The Morgan fingerprint density at radius 1 is 0.931 bits per heavy atom. The number of nitrogens with zero attached hydrogens (tertiary/aromatic N) is 1. The van der Waals surface area contributed by atoms with Gasteiger partial charge in [-0.15, -0.1) is 0 Å². The van der Waals surface area contributed by atoms with Gasteiger partial charge in [0.15, 0.2) is 6.10 Å². The molecule has 1 fully saturated rings. The molecule has 0 unspecified atom stereocenters. The standard InChI is InChI=1S/C44H61NO7.C2HF3O/c1-3-4-5-6-7-8-9-10-11-12-13-14-15-16-20-23-37(47)51-40(32-21-18-17-19-22-32)42(48)50-35-26-27-44(49)36-30-33-24-25-34(31-46)39-38(33)43(44,41(35)52-39)28-29-45(36)2;3-2(4,5)1-6/h17-19,21-22,24-26,36,40-41,46,49H,3-16,20,23,27-31H2,1-2H3;1H/t36-,40+,41+,43+,44-;/m1./s1. The monoisotopic (exact) mass is 813 g/mol. The molecule has 2 N–H and O–H groups in total. The lowest BCUT2D eigenvalue weighted by molar-refractivity contribution is -0.176. The third-order valence-electron chi connectivity index (χ3n) is 12.5. The summed E-state index contributed by atoms with van der Waals surface area (Å²) in [7, 11) is 2.05. The van der Waals surface area contributed by atoms with Crippen LogP contribution in [0.2, 0.25) is 0 Å². The van der Waals surface area contributed by atoms with E-state index < -0.39 is 47.6 Å². The van der Waals surface area contributed by atoms with Crippen molar-refractivity contribution in [2.24, 2.45) is 0 Å². The van der Waals surface area contributed by atoms with Gasteiger partial charge in [0, 0.05) is 35.6 Å². The maximum Gasteiger partial charge on any atom is 0.446 e. The van der Waals surface area contributed by atoms with Crippen molar-refractivity contribution in [3.8, 4) is 5.75 Å². The van der Waals surface area contributed by atoms with E-state index in [4.69, 9.17) is 19.0 Å². The summed E-state index contributed by atoms with van der Waals surface area (Å²) in [5, 5.41) is 22.7. The number of rotatable bonds is 21. The number of piperidine rings is 1. The number of alkyl halides is 3. The van der Waals surface area contributed by atoms with Gasteiger partial charge in [-0.1, -0.05) is 139 Å². The first kappa shape index (κ1) is 45.3. The van der Waals surface area contributed by atoms with Crippen LogP contribution in [0, 0.1) is 0 Å². The quantitative estimate of drug-likeness (QED) is 0.0722. The number of benzene rings is 2. The first-order valence-electron chi connectivity index (χ1n) is 21.4. The average Bonchev–Trinajstić information content (AvgIpc) is 3.57. The fourth-order valence-corrected chi connectivity index (χ4v) is 9.51. The number of unbranched alkanes of at least 4 members (excludes halogenated alkanes) is 14. The van der Waals surface area contributed by atoms with Gasteiger partial charge in [0.05, 0.1) is 17.6 Å². The molecule has 12 heteroatoms. The molecular weight excluding hydrogens is 751 g/mol. The van der Waals surface area contributed by atoms with Crippen LogP contribution in [0.1, 0.15) is 151 Å². The van der Waals surface area contributed by atoms with E-state index in [2.05, 4.69) is 11.8 Å². The van der Waals surface area contributed by atoms with Gasteiger partial charge in [0.1, 0.15) is 11.5 Å². The summed E-state index contributed by atoms with van der Waals surface area (Å²) >= 11 is 0. The van der Waals surface area contributed by atoms with Crippen LogP contribution < -0.4 is 4.74 Å². The SMILES string of the molecule is CCCCCCCCCCCCCCCCCC(=O)O[C@H](C(=O)OC1=CC[C@@]2(O)[C@H]3Cc4ccc(CO)c5c4[C@@]2(CCN3C)[C@H]1O5)c1ccccc1.O=CC(F)(F)F. The van der Waals surface area contributed by atoms with E-state index in [0.29, 0.717) is 41.9 Å². The van der Waals surface area contributed by atoms with Crippen molar-refractivity contribution >= 4 is 18.2 Å². The number of carbonyl (C=O) groups excluding carboxylic acids is 3. The number of ether oxygens (including phenoxy) is 3. The molecule has 1 saturated heterocycles. The maximum absolute atomic E-state index is 14.0. The predicted octanol–water partition coefficient (Wildman–Crippen LogP) is 9.29. The maximum atomic E-state index is 14.0. The number of carbonyl (C=O) groups is 3. The van der Waals surface area contributed by atoms with Crippen molar-refractivity contribution in [3.05, 3.63) is 76.6 Å². The molecule has 2 aromatic rings. The Balaban J connectivity index is 0.000000992. The van der Waals surface area contributed by atoms with Crippen LogP contribution in [0.25, 0.3) is 0 Å². The number of aliphatic hydroxyl groups excluding tert-OH is 1. The molecule has 0 saturated carbocycles. The Kier molecular flexibility index (Phi) is 16.4. The highest BCUT2D eigenvalue weighted by molar-refractivity contribution is 5.82. The second-order valence-electron chi connectivity index (χ2n) is 16.5. The molecule has 2 aliphatic carbocycles. The topological polar surface area (TPSA) is 123 Å². The summed E-state index contributed by atoms with van der Waals surface area (Å²) in [6.45, 7) is 2.82. The molecule has 2 aromatic carbocycles. The van der Waals surface area contributed by atoms with Crippen molar-refractivity contribution in [1.29, 1.82) is 0 Å². The van der Waals surface area contributed by atoms with Gasteiger partial charge in [0.2, 0.25) is 12.4 Å². The molecule has 0 aromatic heterocycles. The summed E-state index contributed by atoms with van der Waals surface area (Å²) in [6, 6.07) is 12.8. The molecule has 58 heavy (non-hydrogen) atoms. The molecule has 320 valence electrons. The lowest BCUT2D eigenvalue weighted by Crippen LogP contribution is -2.74. The second kappa shape index (κ2) is 21.0. The highest BCUT2D eigenvalue weighted by atomic mass is 19.4. The third-order valence-corrected chi connectivity index (χ3v) is 12.5. The molecule has 9 nitrogen and oxygen atoms in total. The van der Waals surface area contributed by atoms with Gasteiger partial charge < -0.3 is 29.3 Å². The third kappa shape index (κ3) is 10.5. The van der Waals surface area contributed by atoms with Gasteiger partial charge in [-0.05, 0) is 44.5 Å². The molecule has 0 amide bonds. The minimum atomic E-state index is -4.64. The van der Waals surface area contributed by atoms with Gasteiger partial charge >= 0.3 is 18.1 Å². The summed E-state index contributed by atoms with van der Waals surface area (Å²) < 4.78 is 49.9. The molecule has 2 aliphatic heterocycles. The zero-order valence-electron chi connectivity index (χ0n) is 34.2. The van der Waals surface area contributed by atoms with Crippen molar-refractivity contribution in [2.45, 2.75) is 171 Å². The van der Waals surface area contributed by atoms with Crippen molar-refractivity contribution in [1.82, 2.24) is 4.90 Å². The van der Waals surface area contributed by atoms with Gasteiger partial charge in [0.25, 0.3) is 0 Å². The van der Waals surface area contributed by atoms with Crippen molar-refractivity contribution in [2.75, 3.05) is 13.6 Å². The highest BCUT2D eigenvalue weighted by Crippen LogP contribution is 2.64. The fourth-order valence-electron chi connectivity index (χ4n) is 9.51. The van der Waals surface area contributed by atoms with E-state index >= 15 is 0 Å². The van der Waals surface area contributed by atoms with E-state index in [9.17, 15) is 33.0 Å². The number of aldehydes is 1. The normalized spacial score (nSPS) is 23.4. The van der Waals surface area contributed by atoms with Crippen LogP contribution in [-0.4, -0.2) is 70.9 Å². The molecule has 2 heterocycles. The molecule has 5 atom stereocenters. The first-order valence-corrected chi connectivity index (χ1v) is 21.4. The number of hydrogen-bond acceptors (Lipinski definition) is 9. The highest BCUT2D eigenvalue weighted by Gasteiger charge is 2.72. The molecule has 4 aliphatic rings. The number of hydrogen-bond donors (Lipinski definition) is 2. The summed E-state index contributed by atoms with van der Waals surface area (Å²) in [6.07, 6.45) is 14.7. The number of esters is 2. The van der Waals surface area contributed by atoms with Crippen LogP contribution in [0.15, 0.2) is 54.3 Å². The molecule has 6 rings (SSSR count). The molecule has 0 radical (unpaired) electrons. The lowest BCUT2D eigenvalue weighted by atomic mass is 9.50. The smallest absolute Gasteiger partial charge is 0.446 e. The number of halogens is 3. The largest absolute Gasteiger partial charge is 0.481 e. The number of aliphatic hydroxyl groups is 2. The fraction of sp³-hybridized carbons (Fsp3) is 0.630. The van der Waals surface area contributed by atoms with Gasteiger partial charge in [-0.3, -0.25) is 9.59 Å². The van der Waals surface area contributed by atoms with Crippen LogP contribution in [-0.2, 0) is 42.3 Å². The molecule has 1 spiro atoms. The van der Waals surface area contributed by atoms with Crippen molar-refractivity contribution in [3.63, 3.8) is 0 Å². The minimum Gasteiger partial charge on any atom is -0.481 e. The predicted molar refractivity (Wildman–Crippen MR) is 214 cm³/mol. The average molecular weight is 814 g/mol. The van der Waals surface area contributed by atoms with Gasteiger partial charge in [-0.2, -0.15) is 13.2 Å². The Labute approximate surface area is 341 Å². The minimum absolute atomic E-state index is 0.128. The van der Waals surface area contributed by atoms with E-state index in [0.717, 1.165) is 36.9 Å². The lowest BCUT2D eigenvalue weighted by Gasteiger charge is -2.61. The van der Waals surface area contributed by atoms with Crippen LogP contribution in [0.3, 0.4) is 0 Å². The van der Waals surface area contributed by atoms with Crippen LogP contribution in [0.4, 0.5) is 13.2 Å². The summed E-state index contributed by atoms with van der Waals surface area (Å²) in [4.78, 5) is 38.1. The zero-order valence-corrected chi connectivity index (χ0v) is 34.2. The van der Waals surface area contributed by atoms with Crippen LogP contribution in [0.5, 0.6) is 5.75 Å². The Morgan fingerprint density at radius 2 is 1.52 bits per heavy atom. The number of likely N-dealkylation sites (N-methyl/N-ethyl adjacent to an activating group) is 1. The van der Waals surface area contributed by atoms with Crippen molar-refractivity contribution < 1.29 is 52.0 Å². The molecular formula is C46H62F3NO8. The van der Waals surface area contributed by atoms with E-state index in [-0.39, 0.29) is 19.1 Å². The Hall–Kier alpha value is -3.74.